The molecule has 2 rings (SSSR count). The fraction of sp³-hybridized carbons (Fsp3) is 0.409. The van der Waals surface area contributed by atoms with E-state index in [0.717, 1.165) is 46.1 Å². The number of hydrogen-bond donors (Lipinski definition) is 0. The number of aryl methyl sites for hydroxylation is 2. The summed E-state index contributed by atoms with van der Waals surface area (Å²) in [6.07, 6.45) is -0.599. The van der Waals surface area contributed by atoms with Crippen LogP contribution in [0.5, 0.6) is 5.75 Å². The van der Waals surface area contributed by atoms with Crippen molar-refractivity contribution in [2.24, 2.45) is 0 Å². The molecule has 0 aliphatic heterocycles. The largest absolute Gasteiger partial charge is 0.496 e. The second-order valence-corrected chi connectivity index (χ2v) is 8.36. The molecule has 1 unspecified atom stereocenters. The van der Waals surface area contributed by atoms with E-state index in [4.69, 9.17) is 19.1 Å². The van der Waals surface area contributed by atoms with Gasteiger partial charge in [0.15, 0.2) is 0 Å². The maximum Gasteiger partial charge on any atom is 0.416 e. The number of ether oxygens (including phenoxy) is 2. The molecule has 0 aliphatic carbocycles. The Bertz CT molecular complexity index is 820. The molecule has 0 saturated heterocycles. The maximum atomic E-state index is 12.7. The quantitative estimate of drug-likeness (QED) is 0.317. The van der Waals surface area contributed by atoms with Crippen molar-refractivity contribution in [1.82, 2.24) is 0 Å². The molecule has 0 bridgehead atoms. The lowest BCUT2D eigenvalue weighted by atomic mass is 10.1. The number of carbonyl (C=O) groups excluding carboxylic acids is 2. The number of halogens is 3. The van der Waals surface area contributed by atoms with E-state index in [-0.39, 0.29) is 12.3 Å². The van der Waals surface area contributed by atoms with Crippen LogP contribution in [0, 0.1) is 6.92 Å². The molecule has 170 valence electrons. The highest BCUT2D eigenvalue weighted by atomic mass is 32.2. The zero-order valence-corrected chi connectivity index (χ0v) is 19.2. The Kier molecular flexibility index (Phi) is 12.4. The molecule has 0 fully saturated rings. The first-order valence-corrected chi connectivity index (χ1v) is 11.7. The minimum Gasteiger partial charge on any atom is -0.496 e. The lowest BCUT2D eigenvalue weighted by Crippen LogP contribution is -2.17. The molecule has 2 aromatic carbocycles. The van der Waals surface area contributed by atoms with E-state index in [1.807, 2.05) is 25.3 Å². The molecule has 0 N–H and O–H groups in total. The second-order valence-electron chi connectivity index (χ2n) is 6.45. The Balaban J connectivity index is 0.00000151. The zero-order chi connectivity index (χ0) is 23.3. The predicted octanol–water partition coefficient (Wildman–Crippen LogP) is 5.87. The van der Waals surface area contributed by atoms with Crippen LogP contribution in [0.2, 0.25) is 0 Å². The van der Waals surface area contributed by atoms with Gasteiger partial charge in [-0.05, 0) is 67.5 Å². The number of alkyl halides is 3. The minimum absolute atomic E-state index is 0.0298. The second kappa shape index (κ2) is 14.2. The van der Waals surface area contributed by atoms with Gasteiger partial charge in [-0.15, -0.1) is 23.5 Å². The van der Waals surface area contributed by atoms with E-state index in [2.05, 4.69) is 6.07 Å². The van der Waals surface area contributed by atoms with Gasteiger partial charge >= 0.3 is 12.3 Å². The van der Waals surface area contributed by atoms with Gasteiger partial charge in [0, 0.05) is 10.6 Å². The van der Waals surface area contributed by atoms with E-state index in [1.54, 1.807) is 42.8 Å². The average molecular weight is 475 g/mol. The highest BCUT2D eigenvalue weighted by Gasteiger charge is 2.29. The summed E-state index contributed by atoms with van der Waals surface area (Å²) in [5.74, 6) is 2.24. The Morgan fingerprint density at radius 2 is 1.74 bits per heavy atom. The van der Waals surface area contributed by atoms with Crippen molar-refractivity contribution in [3.63, 3.8) is 0 Å². The van der Waals surface area contributed by atoms with E-state index in [1.165, 1.54) is 0 Å². The molecule has 4 nitrogen and oxygen atoms in total. The summed E-state index contributed by atoms with van der Waals surface area (Å²) in [5, 5.41) is 0. The van der Waals surface area contributed by atoms with Crippen LogP contribution in [0.25, 0.3) is 0 Å². The van der Waals surface area contributed by atoms with Crippen LogP contribution in [0.15, 0.2) is 47.4 Å². The molecule has 0 heterocycles. The first-order valence-electron chi connectivity index (χ1n) is 9.28. The van der Waals surface area contributed by atoms with Gasteiger partial charge in [-0.3, -0.25) is 0 Å². The molecule has 1 atom stereocenters. The molecule has 9 heteroatoms. The summed E-state index contributed by atoms with van der Waals surface area (Å²) in [5.41, 5.74) is 1.35. The van der Waals surface area contributed by atoms with Crippen molar-refractivity contribution in [2.45, 2.75) is 36.9 Å². The monoisotopic (exact) mass is 474 g/mol. The van der Waals surface area contributed by atoms with E-state index < -0.39 is 11.7 Å². The van der Waals surface area contributed by atoms with Crippen LogP contribution in [0.4, 0.5) is 13.2 Å². The van der Waals surface area contributed by atoms with Crippen molar-refractivity contribution in [1.29, 1.82) is 0 Å². The molecular formula is C22H25F3O4S2. The normalized spacial score (nSPS) is 11.8. The lowest BCUT2D eigenvalue weighted by Gasteiger charge is -2.18. The van der Waals surface area contributed by atoms with Gasteiger partial charge in [-0.2, -0.15) is 22.8 Å². The van der Waals surface area contributed by atoms with Crippen molar-refractivity contribution in [3.8, 4) is 5.75 Å². The molecule has 0 amide bonds. The first kappa shape index (κ1) is 27.1. The third kappa shape index (κ3) is 10.3. The van der Waals surface area contributed by atoms with Crippen molar-refractivity contribution < 1.29 is 32.2 Å². The topological polar surface area (TPSA) is 52.6 Å². The Morgan fingerprint density at radius 3 is 2.26 bits per heavy atom. The van der Waals surface area contributed by atoms with Crippen molar-refractivity contribution in [3.05, 3.63) is 59.2 Å². The molecule has 31 heavy (non-hydrogen) atoms. The maximum absolute atomic E-state index is 12.7. The summed E-state index contributed by atoms with van der Waals surface area (Å²) in [6.45, 7) is 2.01. The van der Waals surface area contributed by atoms with Crippen molar-refractivity contribution >= 4 is 29.7 Å². The average Bonchev–Trinajstić information content (AvgIpc) is 2.73. The van der Waals surface area contributed by atoms with E-state index >= 15 is 0 Å². The number of benzene rings is 2. The summed E-state index contributed by atoms with van der Waals surface area (Å²) in [6, 6.07) is 11.5. The van der Waals surface area contributed by atoms with Crippen LogP contribution < -0.4 is 4.74 Å². The third-order valence-electron chi connectivity index (χ3n) is 4.26. The van der Waals surface area contributed by atoms with Gasteiger partial charge in [0.1, 0.15) is 5.75 Å². The Morgan fingerprint density at radius 1 is 1.10 bits per heavy atom. The lowest BCUT2D eigenvalue weighted by molar-refractivity contribution is -0.191. The van der Waals surface area contributed by atoms with Gasteiger partial charge in [0.2, 0.25) is 0 Å². The van der Waals surface area contributed by atoms with Gasteiger partial charge < -0.3 is 9.47 Å². The molecule has 0 aromatic heterocycles. The summed E-state index contributed by atoms with van der Waals surface area (Å²) in [4.78, 5) is 17.4. The zero-order valence-electron chi connectivity index (χ0n) is 17.5. The highest BCUT2D eigenvalue weighted by Crippen LogP contribution is 2.30. The molecule has 0 spiro atoms. The molecular weight excluding hydrogens is 449 g/mol. The van der Waals surface area contributed by atoms with Crippen LogP contribution in [0.3, 0.4) is 0 Å². The number of thioether (sulfide) groups is 2. The van der Waals surface area contributed by atoms with Gasteiger partial charge in [0.05, 0.1) is 24.7 Å². The molecule has 0 aliphatic rings. The predicted molar refractivity (Wildman–Crippen MR) is 116 cm³/mol. The fourth-order valence-corrected chi connectivity index (χ4v) is 4.09. The number of hydrogen-bond acceptors (Lipinski definition) is 6. The standard InChI is InChI=1S/C21H25F3O2S2.CO2/c1-15-12-19(10-11-20(15)25-2)28-13-18(26-14-27-3)9-6-16-4-7-17(8-5-16)21(22,23)24;2-1-3/h4-5,7-8,10-12,18H,6,9,13-14H2,1-3H3;. The van der Waals surface area contributed by atoms with Crippen LogP contribution in [-0.4, -0.2) is 37.3 Å². The van der Waals surface area contributed by atoms with Crippen LogP contribution >= 0.6 is 23.5 Å². The smallest absolute Gasteiger partial charge is 0.416 e. The number of rotatable bonds is 10. The minimum atomic E-state index is -4.30. The fourth-order valence-electron chi connectivity index (χ4n) is 2.70. The summed E-state index contributed by atoms with van der Waals surface area (Å²) in [7, 11) is 1.66. The Labute approximate surface area is 188 Å². The van der Waals surface area contributed by atoms with Gasteiger partial charge in [-0.1, -0.05) is 12.1 Å². The molecule has 0 radical (unpaired) electrons. The molecule has 2 aromatic rings. The van der Waals surface area contributed by atoms with Gasteiger partial charge in [-0.25, -0.2) is 0 Å². The van der Waals surface area contributed by atoms with E-state index in [9.17, 15) is 13.2 Å². The van der Waals surface area contributed by atoms with Crippen LogP contribution in [-0.2, 0) is 26.9 Å². The van der Waals surface area contributed by atoms with E-state index in [0.29, 0.717) is 12.4 Å². The Hall–Kier alpha value is -1.93. The highest BCUT2D eigenvalue weighted by molar-refractivity contribution is 7.99. The SMILES string of the molecule is COc1ccc(SCC(CCc2ccc(C(F)(F)F)cc2)OCSC)cc1C.O=C=O. The van der Waals surface area contributed by atoms with Gasteiger partial charge in [0.25, 0.3) is 0 Å². The van der Waals surface area contributed by atoms with Crippen molar-refractivity contribution in [2.75, 3.05) is 25.1 Å². The number of methoxy groups -OCH3 is 1. The third-order valence-corrected chi connectivity index (χ3v) is 5.76. The first-order chi connectivity index (χ1) is 14.7. The molecule has 0 saturated carbocycles. The van der Waals surface area contributed by atoms with Crippen LogP contribution in [0.1, 0.15) is 23.1 Å². The summed E-state index contributed by atoms with van der Waals surface area (Å²) >= 11 is 3.33. The summed E-state index contributed by atoms with van der Waals surface area (Å²) < 4.78 is 49.2.